The number of hydrogen-bond donors (Lipinski definition) is 0. The molecule has 7 heteroatoms. The minimum atomic E-state index is -1.31. The summed E-state index contributed by atoms with van der Waals surface area (Å²) < 4.78 is 49.5. The third-order valence-corrected chi connectivity index (χ3v) is 3.84. The van der Waals surface area contributed by atoms with E-state index in [9.17, 15) is 22.8 Å². The Kier molecular flexibility index (Phi) is 9.16. The summed E-state index contributed by atoms with van der Waals surface area (Å²) in [7, 11) is 0. The molecule has 0 fully saturated rings. The zero-order valence-electron chi connectivity index (χ0n) is 15.3. The van der Waals surface area contributed by atoms with Crippen LogP contribution in [0.3, 0.4) is 0 Å². The number of halogens is 3. The molecule has 1 atom stereocenters. The second-order valence-electron chi connectivity index (χ2n) is 6.43. The first-order valence-electron chi connectivity index (χ1n) is 8.73. The molecular weight excluding hydrogens is 349 g/mol. The fraction of sp³-hybridized carbons (Fsp3) is 0.579. The Labute approximate surface area is 151 Å². The van der Waals surface area contributed by atoms with Crippen LogP contribution >= 0.6 is 0 Å². The van der Waals surface area contributed by atoms with Crippen molar-refractivity contribution in [3.8, 4) is 0 Å². The molecule has 0 aliphatic heterocycles. The second-order valence-corrected chi connectivity index (χ2v) is 6.43. The summed E-state index contributed by atoms with van der Waals surface area (Å²) in [5.41, 5.74) is -0.254. The van der Waals surface area contributed by atoms with Crippen LogP contribution in [0.2, 0.25) is 0 Å². The van der Waals surface area contributed by atoms with Crippen LogP contribution in [0, 0.1) is 23.4 Å². The van der Waals surface area contributed by atoms with Crippen molar-refractivity contribution in [2.24, 2.45) is 5.92 Å². The maximum Gasteiger partial charge on any atom is 0.306 e. The van der Waals surface area contributed by atoms with Gasteiger partial charge in [-0.2, -0.15) is 0 Å². The van der Waals surface area contributed by atoms with Crippen LogP contribution in [0.5, 0.6) is 0 Å². The first-order chi connectivity index (χ1) is 12.2. The van der Waals surface area contributed by atoms with Crippen molar-refractivity contribution >= 4 is 11.9 Å². The van der Waals surface area contributed by atoms with Crippen molar-refractivity contribution in [1.29, 1.82) is 0 Å². The van der Waals surface area contributed by atoms with E-state index in [0.29, 0.717) is 12.1 Å². The molecule has 0 radical (unpaired) electrons. The van der Waals surface area contributed by atoms with Gasteiger partial charge < -0.3 is 9.47 Å². The van der Waals surface area contributed by atoms with E-state index in [2.05, 4.69) is 0 Å². The van der Waals surface area contributed by atoms with Crippen LogP contribution in [0.4, 0.5) is 13.2 Å². The largest absolute Gasteiger partial charge is 0.462 e. The molecule has 26 heavy (non-hydrogen) atoms. The van der Waals surface area contributed by atoms with Crippen molar-refractivity contribution in [1.82, 2.24) is 0 Å². The molecule has 146 valence electrons. The standard InChI is InChI=1S/C19H25F3O4/c1-4-6-17(12(2)3)26-19(24)8-5-7-18(23)25-11-13-9-15(21)16(22)10-14(13)20/h9-10,12,17H,4-8,11H2,1-3H3. The Morgan fingerprint density at radius 2 is 1.62 bits per heavy atom. The SMILES string of the molecule is CCCC(OC(=O)CCCC(=O)OCc1cc(F)c(F)cc1F)C(C)C. The van der Waals surface area contributed by atoms with Gasteiger partial charge in [0, 0.05) is 24.5 Å². The first kappa shape index (κ1) is 22.0. The molecule has 0 aliphatic rings. The third-order valence-electron chi connectivity index (χ3n) is 3.84. The Hall–Kier alpha value is -2.05. The fourth-order valence-electron chi connectivity index (χ4n) is 2.32. The fourth-order valence-corrected chi connectivity index (χ4v) is 2.32. The Morgan fingerprint density at radius 1 is 1.00 bits per heavy atom. The average molecular weight is 374 g/mol. The molecule has 0 saturated heterocycles. The summed E-state index contributed by atoms with van der Waals surface area (Å²) in [6.45, 7) is 5.46. The molecule has 1 unspecified atom stereocenters. The smallest absolute Gasteiger partial charge is 0.306 e. The molecule has 0 saturated carbocycles. The van der Waals surface area contributed by atoms with E-state index in [4.69, 9.17) is 9.47 Å². The van der Waals surface area contributed by atoms with Crippen LogP contribution in [-0.2, 0) is 25.7 Å². The van der Waals surface area contributed by atoms with Gasteiger partial charge in [0.05, 0.1) is 0 Å². The summed E-state index contributed by atoms with van der Waals surface area (Å²) in [5, 5.41) is 0. The van der Waals surface area contributed by atoms with Gasteiger partial charge in [-0.15, -0.1) is 0 Å². The molecule has 0 spiro atoms. The number of benzene rings is 1. The molecule has 1 aromatic rings. The Bertz CT molecular complexity index is 617. The lowest BCUT2D eigenvalue weighted by molar-refractivity contribution is -0.152. The highest BCUT2D eigenvalue weighted by atomic mass is 19.2. The highest BCUT2D eigenvalue weighted by Gasteiger charge is 2.18. The minimum absolute atomic E-state index is 0.0550. The monoisotopic (exact) mass is 374 g/mol. The number of carbonyl (C=O) groups excluding carboxylic acids is 2. The van der Waals surface area contributed by atoms with Crippen molar-refractivity contribution < 1.29 is 32.2 Å². The molecule has 1 rings (SSSR count). The number of rotatable bonds is 10. The zero-order chi connectivity index (χ0) is 19.7. The van der Waals surface area contributed by atoms with E-state index in [1.54, 1.807) is 0 Å². The highest BCUT2D eigenvalue weighted by Crippen LogP contribution is 2.16. The Morgan fingerprint density at radius 3 is 2.23 bits per heavy atom. The van der Waals surface area contributed by atoms with Gasteiger partial charge in [-0.3, -0.25) is 9.59 Å². The average Bonchev–Trinajstić information content (AvgIpc) is 2.56. The van der Waals surface area contributed by atoms with Gasteiger partial charge in [0.25, 0.3) is 0 Å². The van der Waals surface area contributed by atoms with E-state index < -0.39 is 30.0 Å². The third kappa shape index (κ3) is 7.45. The van der Waals surface area contributed by atoms with Crippen LogP contribution in [-0.4, -0.2) is 18.0 Å². The van der Waals surface area contributed by atoms with E-state index in [0.717, 1.165) is 12.8 Å². The highest BCUT2D eigenvalue weighted by molar-refractivity contribution is 5.72. The van der Waals surface area contributed by atoms with Gasteiger partial charge in [0.1, 0.15) is 18.5 Å². The predicted molar refractivity (Wildman–Crippen MR) is 89.6 cm³/mol. The molecule has 0 N–H and O–H groups in total. The molecule has 4 nitrogen and oxygen atoms in total. The molecule has 0 heterocycles. The summed E-state index contributed by atoms with van der Waals surface area (Å²) >= 11 is 0. The Balaban J connectivity index is 2.34. The topological polar surface area (TPSA) is 52.6 Å². The van der Waals surface area contributed by atoms with Gasteiger partial charge in [-0.1, -0.05) is 27.2 Å². The van der Waals surface area contributed by atoms with E-state index in [1.807, 2.05) is 20.8 Å². The second kappa shape index (κ2) is 10.8. The number of ether oxygens (including phenoxy) is 2. The zero-order valence-corrected chi connectivity index (χ0v) is 15.3. The summed E-state index contributed by atoms with van der Waals surface area (Å²) in [5.74, 6) is -4.33. The summed E-state index contributed by atoms with van der Waals surface area (Å²) in [6, 6.07) is 1.05. The first-order valence-corrected chi connectivity index (χ1v) is 8.73. The van der Waals surface area contributed by atoms with Crippen molar-refractivity contribution in [2.75, 3.05) is 0 Å². The summed E-state index contributed by atoms with van der Waals surface area (Å²) in [4.78, 5) is 23.4. The molecule has 1 aromatic carbocycles. The lowest BCUT2D eigenvalue weighted by Crippen LogP contribution is -2.23. The van der Waals surface area contributed by atoms with Crippen LogP contribution in [0.1, 0.15) is 58.4 Å². The lowest BCUT2D eigenvalue weighted by Gasteiger charge is -2.20. The van der Waals surface area contributed by atoms with Crippen molar-refractivity contribution in [2.45, 2.75) is 65.6 Å². The molecule has 0 bridgehead atoms. The maximum atomic E-state index is 13.4. The minimum Gasteiger partial charge on any atom is -0.462 e. The van der Waals surface area contributed by atoms with Crippen molar-refractivity contribution in [3.05, 3.63) is 35.1 Å². The quantitative estimate of drug-likeness (QED) is 0.441. The van der Waals surface area contributed by atoms with Gasteiger partial charge >= 0.3 is 11.9 Å². The van der Waals surface area contributed by atoms with Gasteiger partial charge in [0.2, 0.25) is 0 Å². The van der Waals surface area contributed by atoms with Gasteiger partial charge in [0.15, 0.2) is 11.6 Å². The van der Waals surface area contributed by atoms with Crippen LogP contribution in [0.15, 0.2) is 12.1 Å². The lowest BCUT2D eigenvalue weighted by atomic mass is 10.0. The van der Waals surface area contributed by atoms with Crippen molar-refractivity contribution in [3.63, 3.8) is 0 Å². The number of carbonyl (C=O) groups is 2. The van der Waals surface area contributed by atoms with E-state index in [-0.39, 0.29) is 42.8 Å². The van der Waals surface area contributed by atoms with Gasteiger partial charge in [-0.05, 0) is 24.8 Å². The molecule has 0 amide bonds. The normalized spacial score (nSPS) is 12.1. The summed E-state index contributed by atoms with van der Waals surface area (Å²) in [6.07, 6.45) is 1.79. The number of esters is 2. The maximum absolute atomic E-state index is 13.4. The predicted octanol–water partition coefficient (Wildman–Crippen LogP) is 4.69. The number of hydrogen-bond acceptors (Lipinski definition) is 4. The van der Waals surface area contributed by atoms with Gasteiger partial charge in [-0.25, -0.2) is 13.2 Å². The molecule has 0 aliphatic carbocycles. The van der Waals surface area contributed by atoms with Crippen LogP contribution in [0.25, 0.3) is 0 Å². The van der Waals surface area contributed by atoms with Crippen LogP contribution < -0.4 is 0 Å². The van der Waals surface area contributed by atoms with E-state index >= 15 is 0 Å². The van der Waals surface area contributed by atoms with E-state index in [1.165, 1.54) is 0 Å². The molecule has 0 aromatic heterocycles. The molecular formula is C19H25F3O4.